The number of hydrogen-bond acceptors (Lipinski definition) is 4. The Balaban J connectivity index is 1.33. The van der Waals surface area contributed by atoms with Crippen molar-refractivity contribution in [3.63, 3.8) is 0 Å². The molecule has 1 aromatic heterocycles. The molecule has 142 valence electrons. The van der Waals surface area contributed by atoms with Crippen LogP contribution in [0.3, 0.4) is 0 Å². The molecule has 7 heteroatoms. The number of nitrogens with one attached hydrogen (secondary N) is 1. The van der Waals surface area contributed by atoms with Gasteiger partial charge in [-0.1, -0.05) is 23.4 Å². The van der Waals surface area contributed by atoms with E-state index in [0.29, 0.717) is 12.2 Å². The summed E-state index contributed by atoms with van der Waals surface area (Å²) >= 11 is 0. The molecule has 0 unspecified atom stereocenters. The fourth-order valence-corrected chi connectivity index (χ4v) is 3.91. The number of anilines is 1. The second-order valence-electron chi connectivity index (χ2n) is 7.21. The summed E-state index contributed by atoms with van der Waals surface area (Å²) in [7, 11) is 0. The Hall–Kier alpha value is -3.06. The lowest BCUT2D eigenvalue weighted by Gasteiger charge is -2.24. The van der Waals surface area contributed by atoms with Gasteiger partial charge in [-0.3, -0.25) is 4.79 Å². The average molecular weight is 378 g/mol. The van der Waals surface area contributed by atoms with E-state index >= 15 is 0 Å². The van der Waals surface area contributed by atoms with Gasteiger partial charge in [0.05, 0.1) is 18.8 Å². The molecule has 1 atom stereocenters. The van der Waals surface area contributed by atoms with E-state index in [-0.39, 0.29) is 30.1 Å². The first-order valence-electron chi connectivity index (χ1n) is 9.40. The van der Waals surface area contributed by atoms with Gasteiger partial charge in [-0.05, 0) is 60.2 Å². The summed E-state index contributed by atoms with van der Waals surface area (Å²) in [6.07, 6.45) is 3.08. The highest BCUT2D eigenvalue weighted by Gasteiger charge is 2.28. The van der Waals surface area contributed by atoms with Gasteiger partial charge in [-0.15, -0.1) is 5.10 Å². The number of aryl methyl sites for hydroxylation is 2. The molecule has 0 fully saturated rings. The number of aromatic nitrogens is 3. The van der Waals surface area contributed by atoms with Crippen LogP contribution < -0.4 is 5.32 Å². The van der Waals surface area contributed by atoms with Gasteiger partial charge in [0.2, 0.25) is 0 Å². The molecule has 2 heterocycles. The monoisotopic (exact) mass is 378 g/mol. The maximum absolute atomic E-state index is 13.1. The molecular formula is C21H19FN4O2. The van der Waals surface area contributed by atoms with Gasteiger partial charge in [0, 0.05) is 5.69 Å². The van der Waals surface area contributed by atoms with Crippen LogP contribution in [0.4, 0.5) is 10.1 Å². The molecule has 0 saturated heterocycles. The standard InChI is InChI=1S/C21H19FN4O2/c22-16-7-4-14(5-8-16)19-11-26-18(12-28-19)20(24-25-26)21(27)23-17-9-6-13-2-1-3-15(13)10-17/h4-10,19H,1-3,11-12H2,(H,23,27)/t19-/m1/s1. The lowest BCUT2D eigenvalue weighted by atomic mass is 10.1. The zero-order valence-corrected chi connectivity index (χ0v) is 15.2. The highest BCUT2D eigenvalue weighted by molar-refractivity contribution is 6.03. The molecule has 28 heavy (non-hydrogen) atoms. The molecule has 1 N–H and O–H groups in total. The van der Waals surface area contributed by atoms with Crippen molar-refractivity contribution in [2.75, 3.05) is 5.32 Å². The van der Waals surface area contributed by atoms with E-state index in [1.54, 1.807) is 16.8 Å². The van der Waals surface area contributed by atoms with Gasteiger partial charge in [0.15, 0.2) is 5.69 Å². The third-order valence-electron chi connectivity index (χ3n) is 5.41. The summed E-state index contributed by atoms with van der Waals surface area (Å²) in [5.41, 5.74) is 5.22. The number of rotatable bonds is 3. The Morgan fingerprint density at radius 2 is 1.96 bits per heavy atom. The molecule has 3 aromatic rings. The molecule has 1 aliphatic heterocycles. The molecule has 0 radical (unpaired) electrons. The molecule has 1 amide bonds. The topological polar surface area (TPSA) is 69.0 Å². The molecule has 6 nitrogen and oxygen atoms in total. The molecule has 0 bridgehead atoms. The van der Waals surface area contributed by atoms with Crippen molar-refractivity contribution in [3.8, 4) is 0 Å². The summed E-state index contributed by atoms with van der Waals surface area (Å²) in [5, 5.41) is 11.1. The highest BCUT2D eigenvalue weighted by atomic mass is 19.1. The molecule has 1 aliphatic carbocycles. The van der Waals surface area contributed by atoms with Gasteiger partial charge >= 0.3 is 0 Å². The zero-order valence-electron chi connectivity index (χ0n) is 15.2. The number of hydrogen-bond donors (Lipinski definition) is 1. The van der Waals surface area contributed by atoms with Gasteiger partial charge in [0.25, 0.3) is 5.91 Å². The summed E-state index contributed by atoms with van der Waals surface area (Å²) in [6.45, 7) is 0.655. The summed E-state index contributed by atoms with van der Waals surface area (Å²) in [4.78, 5) is 12.7. The van der Waals surface area contributed by atoms with E-state index in [1.807, 2.05) is 12.1 Å². The van der Waals surface area contributed by atoms with Crippen molar-refractivity contribution in [3.05, 3.63) is 76.4 Å². The number of carbonyl (C=O) groups excluding carboxylic acids is 1. The molecule has 2 aromatic carbocycles. The van der Waals surface area contributed by atoms with Gasteiger partial charge in [-0.2, -0.15) is 0 Å². The van der Waals surface area contributed by atoms with Crippen LogP contribution in [0.5, 0.6) is 0 Å². The van der Waals surface area contributed by atoms with Crippen molar-refractivity contribution in [1.29, 1.82) is 0 Å². The summed E-state index contributed by atoms with van der Waals surface area (Å²) < 4.78 is 20.7. The molecule has 2 aliphatic rings. The van der Waals surface area contributed by atoms with Crippen molar-refractivity contribution in [2.45, 2.75) is 38.5 Å². The van der Waals surface area contributed by atoms with Crippen molar-refractivity contribution < 1.29 is 13.9 Å². The first-order chi connectivity index (χ1) is 13.7. The largest absolute Gasteiger partial charge is 0.365 e. The van der Waals surface area contributed by atoms with Crippen molar-refractivity contribution in [2.24, 2.45) is 0 Å². The van der Waals surface area contributed by atoms with Crippen molar-refractivity contribution >= 4 is 11.6 Å². The molecular weight excluding hydrogens is 359 g/mol. The van der Waals surface area contributed by atoms with E-state index in [2.05, 4.69) is 21.7 Å². The fourth-order valence-electron chi connectivity index (χ4n) is 3.91. The predicted octanol–water partition coefficient (Wildman–Crippen LogP) is 3.43. The minimum atomic E-state index is -0.289. The third-order valence-corrected chi connectivity index (χ3v) is 5.41. The maximum atomic E-state index is 13.1. The zero-order chi connectivity index (χ0) is 19.1. The van der Waals surface area contributed by atoms with E-state index in [4.69, 9.17) is 4.74 Å². The SMILES string of the molecule is O=C(Nc1ccc2c(c1)CCC2)c1nnn2c1CO[C@@H](c1ccc(F)cc1)C2. The first kappa shape index (κ1) is 17.1. The molecule has 0 saturated carbocycles. The van der Waals surface area contributed by atoms with Gasteiger partial charge in [0.1, 0.15) is 11.9 Å². The normalized spacial score (nSPS) is 17.8. The number of fused-ring (bicyclic) bond motifs is 2. The Morgan fingerprint density at radius 3 is 2.82 bits per heavy atom. The second kappa shape index (κ2) is 6.83. The van der Waals surface area contributed by atoms with Crippen LogP contribution in [0.2, 0.25) is 0 Å². The second-order valence-corrected chi connectivity index (χ2v) is 7.21. The van der Waals surface area contributed by atoms with E-state index in [9.17, 15) is 9.18 Å². The summed E-state index contributed by atoms with van der Waals surface area (Å²) in [6, 6.07) is 12.3. The first-order valence-corrected chi connectivity index (χ1v) is 9.40. The van der Waals surface area contributed by atoms with Crippen LogP contribution in [0.1, 0.15) is 45.4 Å². The fraction of sp³-hybridized carbons (Fsp3) is 0.286. The quantitative estimate of drug-likeness (QED) is 0.758. The lowest BCUT2D eigenvalue weighted by molar-refractivity contribution is -0.00174. The number of halogens is 1. The Labute approximate surface area is 161 Å². The minimum Gasteiger partial charge on any atom is -0.365 e. The third kappa shape index (κ3) is 3.07. The van der Waals surface area contributed by atoms with Crippen LogP contribution in [-0.4, -0.2) is 20.9 Å². The molecule has 5 rings (SSSR count). The van der Waals surface area contributed by atoms with Crippen LogP contribution >= 0.6 is 0 Å². The van der Waals surface area contributed by atoms with Crippen LogP contribution in [-0.2, 0) is 30.7 Å². The van der Waals surface area contributed by atoms with Crippen LogP contribution in [0.25, 0.3) is 0 Å². The number of amides is 1. The lowest BCUT2D eigenvalue weighted by Crippen LogP contribution is -2.24. The predicted molar refractivity (Wildman–Crippen MR) is 100 cm³/mol. The van der Waals surface area contributed by atoms with E-state index in [0.717, 1.165) is 30.5 Å². The number of carbonyl (C=O) groups is 1. The van der Waals surface area contributed by atoms with Crippen molar-refractivity contribution in [1.82, 2.24) is 15.0 Å². The number of ether oxygens (including phenoxy) is 1. The Kier molecular flexibility index (Phi) is 4.16. The van der Waals surface area contributed by atoms with E-state index in [1.165, 1.54) is 23.3 Å². The maximum Gasteiger partial charge on any atom is 0.278 e. The highest BCUT2D eigenvalue weighted by Crippen LogP contribution is 2.28. The smallest absolute Gasteiger partial charge is 0.278 e. The molecule has 0 spiro atoms. The summed E-state index contributed by atoms with van der Waals surface area (Å²) in [5.74, 6) is -0.574. The van der Waals surface area contributed by atoms with Crippen LogP contribution in [0.15, 0.2) is 42.5 Å². The Morgan fingerprint density at radius 1 is 1.14 bits per heavy atom. The number of benzene rings is 2. The average Bonchev–Trinajstić information content (AvgIpc) is 3.34. The van der Waals surface area contributed by atoms with E-state index < -0.39 is 0 Å². The van der Waals surface area contributed by atoms with Crippen LogP contribution in [0, 0.1) is 5.82 Å². The minimum absolute atomic E-state index is 0.224. The van der Waals surface area contributed by atoms with Gasteiger partial charge in [-0.25, -0.2) is 9.07 Å². The Bertz CT molecular complexity index is 1050. The number of nitrogens with zero attached hydrogens (tertiary/aromatic N) is 3. The van der Waals surface area contributed by atoms with Gasteiger partial charge < -0.3 is 10.1 Å².